The summed E-state index contributed by atoms with van der Waals surface area (Å²) in [6, 6.07) is 9.42. The topological polar surface area (TPSA) is 79.3 Å². The van der Waals surface area contributed by atoms with Crippen LogP contribution in [-0.2, 0) is 32.2 Å². The molecule has 0 saturated carbocycles. The molecule has 9 nitrogen and oxygen atoms in total. The minimum absolute atomic E-state index is 0. The fraction of sp³-hybridized carbons (Fsp3) is 0.697. The summed E-state index contributed by atoms with van der Waals surface area (Å²) < 4.78 is 13.4. The second-order valence-corrected chi connectivity index (χ2v) is 11.6. The van der Waals surface area contributed by atoms with Crippen molar-refractivity contribution in [3.05, 3.63) is 35.5 Å². The highest BCUT2D eigenvalue weighted by atomic mass is 16.5. The Hall–Kier alpha value is -2.30. The fourth-order valence-corrected chi connectivity index (χ4v) is 6.20. The Kier molecular flexibility index (Phi) is 13.9. The van der Waals surface area contributed by atoms with Crippen molar-refractivity contribution in [3.63, 3.8) is 0 Å². The van der Waals surface area contributed by atoms with Crippen molar-refractivity contribution in [2.75, 3.05) is 60.2 Å². The maximum Gasteiger partial charge on any atom is 0.224 e. The summed E-state index contributed by atoms with van der Waals surface area (Å²) >= 11 is 0. The number of Topliss-reactive ketones (excluding diaryl/α,β-unsaturated/α-hetero) is 1. The molecule has 1 fully saturated rings. The summed E-state index contributed by atoms with van der Waals surface area (Å²) in [5.41, 5.74) is 4.01. The van der Waals surface area contributed by atoms with Crippen molar-refractivity contribution in [1.29, 1.82) is 0 Å². The first-order chi connectivity index (χ1) is 20.3. The van der Waals surface area contributed by atoms with Crippen LogP contribution in [0.15, 0.2) is 24.3 Å². The molecule has 2 aromatic rings. The van der Waals surface area contributed by atoms with Gasteiger partial charge in [0.2, 0.25) is 5.91 Å². The quantitative estimate of drug-likeness (QED) is 0.316. The van der Waals surface area contributed by atoms with Gasteiger partial charge in [0.25, 0.3) is 0 Å². The van der Waals surface area contributed by atoms with Crippen molar-refractivity contribution < 1.29 is 20.5 Å². The Morgan fingerprint density at radius 2 is 1.67 bits per heavy atom. The highest BCUT2D eigenvalue weighted by molar-refractivity contribution is 5.86. The number of hydrogen-bond donors (Lipinski definition) is 1. The van der Waals surface area contributed by atoms with Gasteiger partial charge in [-0.25, -0.2) is 10.0 Å². The smallest absolute Gasteiger partial charge is 0.224 e. The van der Waals surface area contributed by atoms with Gasteiger partial charge in [0.05, 0.1) is 39.0 Å². The van der Waals surface area contributed by atoms with Gasteiger partial charge in [-0.2, -0.15) is 0 Å². The third-order valence-corrected chi connectivity index (χ3v) is 8.42. The molecule has 3 heterocycles. The second kappa shape index (κ2) is 17.1. The lowest BCUT2D eigenvalue weighted by Crippen LogP contribution is -2.46. The van der Waals surface area contributed by atoms with Gasteiger partial charge in [-0.1, -0.05) is 45.9 Å². The van der Waals surface area contributed by atoms with E-state index in [4.69, 9.17) is 9.47 Å². The van der Waals surface area contributed by atoms with Gasteiger partial charge < -0.3 is 24.3 Å². The summed E-state index contributed by atoms with van der Waals surface area (Å²) in [6.45, 7) is 16.3. The molecule has 42 heavy (non-hydrogen) atoms. The lowest BCUT2D eigenvalue weighted by atomic mass is 9.91. The third-order valence-electron chi connectivity index (χ3n) is 8.42. The number of hydrazine groups is 1. The Balaban J connectivity index is 0.00000211. The number of hydrogen-bond acceptors (Lipinski definition) is 7. The van der Waals surface area contributed by atoms with E-state index in [1.54, 1.807) is 6.92 Å². The van der Waals surface area contributed by atoms with Crippen LogP contribution in [0.1, 0.15) is 79.0 Å². The van der Waals surface area contributed by atoms with Crippen LogP contribution in [0.3, 0.4) is 0 Å². The van der Waals surface area contributed by atoms with Crippen molar-refractivity contribution in [1.82, 2.24) is 24.8 Å². The summed E-state index contributed by atoms with van der Waals surface area (Å²) in [6.07, 6.45) is 2.92. The van der Waals surface area contributed by atoms with E-state index in [1.165, 1.54) is 22.2 Å². The number of fused-ring (bicyclic) bond motifs is 3. The predicted molar refractivity (Wildman–Crippen MR) is 171 cm³/mol. The summed E-state index contributed by atoms with van der Waals surface area (Å²) in [4.78, 5) is 26.2. The van der Waals surface area contributed by atoms with E-state index in [0.29, 0.717) is 63.8 Å². The average Bonchev–Trinajstić information content (AvgIpc) is 3.29. The highest BCUT2D eigenvalue weighted by Crippen LogP contribution is 2.41. The number of carbonyl (C=O) groups excluding carboxylic acids is 2. The molecule has 2 aliphatic heterocycles. The largest absolute Gasteiger partial charge is 0.379 e. The van der Waals surface area contributed by atoms with E-state index in [2.05, 4.69) is 72.1 Å². The lowest BCUT2D eigenvalue weighted by molar-refractivity contribution is -0.132. The lowest BCUT2D eigenvalue weighted by Gasteiger charge is -2.42. The van der Waals surface area contributed by atoms with E-state index in [1.807, 2.05) is 18.7 Å². The Morgan fingerprint density at radius 3 is 2.33 bits per heavy atom. The van der Waals surface area contributed by atoms with Crippen molar-refractivity contribution in [2.24, 2.45) is 5.92 Å². The van der Waals surface area contributed by atoms with Gasteiger partial charge >= 0.3 is 0 Å². The first-order valence-corrected chi connectivity index (χ1v) is 16.0. The number of benzene rings is 1. The molecule has 1 saturated heterocycles. The first-order valence-electron chi connectivity index (χ1n) is 16.0. The summed E-state index contributed by atoms with van der Waals surface area (Å²) in [7, 11) is 4.34. The molecular formula is C33H57N5O4. The zero-order valence-corrected chi connectivity index (χ0v) is 27.2. The van der Waals surface area contributed by atoms with Crippen molar-refractivity contribution >= 4 is 22.6 Å². The van der Waals surface area contributed by atoms with Gasteiger partial charge in [-0.15, -0.1) is 0 Å². The number of para-hydroxylation sites is 1. The number of aromatic nitrogens is 1. The van der Waals surface area contributed by atoms with Gasteiger partial charge in [-0.3, -0.25) is 9.59 Å². The molecule has 0 bridgehead atoms. The molecule has 1 unspecified atom stereocenters. The van der Waals surface area contributed by atoms with E-state index in [0.717, 1.165) is 39.0 Å². The molecule has 1 atom stereocenters. The van der Waals surface area contributed by atoms with Gasteiger partial charge in [0.1, 0.15) is 5.78 Å². The standard InChI is InChI=1S/C31H49N5O4.C2H6.H2/c1-23(2)31-30-26-8-6-7-9-27(26)36(28(30)22-33(4)34(31)5)17-12-29(38)35-15-10-25(11-16-35)32-14-19-40-21-20-39-18-13-24(3)37;1-2;/h6-9,23,25,31-32H,10-22H2,1-5H3;1-2H3;1H. The van der Waals surface area contributed by atoms with Crippen LogP contribution < -0.4 is 5.32 Å². The minimum atomic E-state index is 0. The minimum Gasteiger partial charge on any atom is -0.379 e. The van der Waals surface area contributed by atoms with Crippen molar-refractivity contribution in [2.45, 2.75) is 85.5 Å². The SMILES string of the molecule is CC.CC(=O)CCOCCOCCNC1CCN(C(=O)CCn2c3c(c4ccccc42)C(C(C)C)N(C)N(C)C3)CC1.[HH]. The number of rotatable bonds is 14. The molecule has 0 aliphatic carbocycles. The zero-order valence-electron chi connectivity index (χ0n) is 27.2. The van der Waals surface area contributed by atoms with Crippen LogP contribution in [-0.4, -0.2) is 97.4 Å². The monoisotopic (exact) mass is 587 g/mol. The van der Waals surface area contributed by atoms with Crippen LogP contribution in [0.4, 0.5) is 0 Å². The molecule has 0 radical (unpaired) electrons. The zero-order chi connectivity index (χ0) is 30.6. The van der Waals surface area contributed by atoms with Crippen LogP contribution in [0.2, 0.25) is 0 Å². The molecule has 2 aliphatic rings. The molecule has 0 spiro atoms. The number of ether oxygens (including phenoxy) is 2. The maximum absolute atomic E-state index is 13.3. The normalized spacial score (nSPS) is 18.3. The second-order valence-electron chi connectivity index (χ2n) is 11.6. The van der Waals surface area contributed by atoms with Gasteiger partial charge in [0.15, 0.2) is 0 Å². The third kappa shape index (κ3) is 8.86. The van der Waals surface area contributed by atoms with Gasteiger partial charge in [-0.05, 0) is 31.7 Å². The van der Waals surface area contributed by atoms with E-state index in [9.17, 15) is 9.59 Å². The molecule has 4 rings (SSSR count). The molecular weight excluding hydrogens is 530 g/mol. The molecule has 1 amide bonds. The Bertz CT molecular complexity index is 1130. The summed E-state index contributed by atoms with van der Waals surface area (Å²) in [5, 5.41) is 9.56. The number of ketones is 1. The Labute approximate surface area is 254 Å². The molecule has 1 N–H and O–H groups in total. The number of aryl methyl sites for hydroxylation is 1. The Morgan fingerprint density at radius 1 is 1.00 bits per heavy atom. The maximum atomic E-state index is 13.3. The first kappa shape index (κ1) is 34.2. The van der Waals surface area contributed by atoms with Crippen molar-refractivity contribution in [3.8, 4) is 0 Å². The molecule has 1 aromatic heterocycles. The molecule has 238 valence electrons. The molecule has 1 aromatic carbocycles. The van der Waals surface area contributed by atoms with Crippen LogP contribution in [0.25, 0.3) is 10.9 Å². The van der Waals surface area contributed by atoms with E-state index < -0.39 is 0 Å². The van der Waals surface area contributed by atoms with Crippen LogP contribution >= 0.6 is 0 Å². The number of carbonyl (C=O) groups is 2. The van der Waals surface area contributed by atoms with Crippen LogP contribution in [0.5, 0.6) is 0 Å². The molecule has 9 heteroatoms. The summed E-state index contributed by atoms with van der Waals surface area (Å²) in [5.74, 6) is 0.873. The highest BCUT2D eigenvalue weighted by Gasteiger charge is 2.35. The number of likely N-dealkylation sites (tertiary alicyclic amines) is 1. The van der Waals surface area contributed by atoms with Crippen LogP contribution in [0, 0.1) is 5.92 Å². The average molecular weight is 588 g/mol. The predicted octanol–water partition coefficient (Wildman–Crippen LogP) is 4.89. The van der Waals surface area contributed by atoms with E-state index in [-0.39, 0.29) is 13.1 Å². The number of amides is 1. The number of nitrogens with zero attached hydrogens (tertiary/aromatic N) is 4. The van der Waals surface area contributed by atoms with Gasteiger partial charge in [0, 0.05) is 82.7 Å². The number of nitrogens with one attached hydrogen (secondary N) is 1. The number of piperidine rings is 1. The fourth-order valence-electron chi connectivity index (χ4n) is 6.20. The van der Waals surface area contributed by atoms with E-state index >= 15 is 0 Å².